The number of hydrogen-bond acceptors (Lipinski definition) is 5. The van der Waals surface area contributed by atoms with Crippen molar-refractivity contribution in [2.75, 3.05) is 13.2 Å². The van der Waals surface area contributed by atoms with Crippen LogP contribution in [0.25, 0.3) is 0 Å². The van der Waals surface area contributed by atoms with E-state index in [0.29, 0.717) is 11.4 Å². The van der Waals surface area contributed by atoms with Gasteiger partial charge in [0.05, 0.1) is 5.69 Å². The molecule has 0 spiro atoms. The Morgan fingerprint density at radius 1 is 1.37 bits per heavy atom. The molecule has 6 nitrogen and oxygen atoms in total. The van der Waals surface area contributed by atoms with Gasteiger partial charge in [0, 0.05) is 4.47 Å². The molecule has 0 saturated carbocycles. The highest BCUT2D eigenvalue weighted by atomic mass is 79.9. The topological polar surface area (TPSA) is 77.1 Å². The zero-order chi connectivity index (χ0) is 13.7. The maximum Gasteiger partial charge on any atom is 0.360 e. The average molecular weight is 326 g/mol. The summed E-state index contributed by atoms with van der Waals surface area (Å²) in [6.45, 7) is 2.11. The number of nitrogens with one attached hydrogen (secondary N) is 1. The summed E-state index contributed by atoms with van der Waals surface area (Å²) < 4.78 is 11.4. The van der Waals surface area contributed by atoms with Crippen LogP contribution in [0.5, 0.6) is 5.75 Å². The second-order valence-corrected chi connectivity index (χ2v) is 4.62. The molecule has 0 unspecified atom stereocenters. The van der Waals surface area contributed by atoms with Crippen LogP contribution in [0, 0.1) is 6.92 Å². The second kappa shape index (κ2) is 6.33. The molecular formula is C12H12BrN3O3. The third-order valence-corrected chi connectivity index (χ3v) is 2.79. The van der Waals surface area contributed by atoms with Crippen LogP contribution >= 0.6 is 15.9 Å². The van der Waals surface area contributed by atoms with E-state index >= 15 is 0 Å². The molecule has 0 amide bonds. The summed E-state index contributed by atoms with van der Waals surface area (Å²) in [6.07, 6.45) is 0. The van der Waals surface area contributed by atoms with Gasteiger partial charge < -0.3 is 9.47 Å². The highest BCUT2D eigenvalue weighted by Crippen LogP contribution is 2.17. The molecule has 1 aromatic carbocycles. The number of hydrogen-bond donors (Lipinski definition) is 1. The molecule has 0 aliphatic heterocycles. The molecule has 1 N–H and O–H groups in total. The lowest BCUT2D eigenvalue weighted by Crippen LogP contribution is -2.13. The summed E-state index contributed by atoms with van der Waals surface area (Å²) in [5, 5.41) is 9.82. The van der Waals surface area contributed by atoms with E-state index in [1.54, 1.807) is 6.92 Å². The quantitative estimate of drug-likeness (QED) is 0.673. The van der Waals surface area contributed by atoms with Crippen molar-refractivity contribution >= 4 is 21.9 Å². The Morgan fingerprint density at radius 3 is 2.89 bits per heavy atom. The maximum absolute atomic E-state index is 11.6. The summed E-state index contributed by atoms with van der Waals surface area (Å²) in [5.41, 5.74) is 0.709. The van der Waals surface area contributed by atoms with Gasteiger partial charge in [-0.15, -0.1) is 5.10 Å². The van der Waals surface area contributed by atoms with Gasteiger partial charge in [-0.3, -0.25) is 0 Å². The number of H-pyrrole nitrogens is 1. The van der Waals surface area contributed by atoms with Crippen molar-refractivity contribution < 1.29 is 14.3 Å². The van der Waals surface area contributed by atoms with Crippen LogP contribution in [0.15, 0.2) is 28.7 Å². The number of nitrogens with zero attached hydrogens (tertiary/aromatic N) is 2. The number of aryl methyl sites for hydroxylation is 1. The van der Waals surface area contributed by atoms with E-state index in [1.807, 2.05) is 24.3 Å². The van der Waals surface area contributed by atoms with Gasteiger partial charge in [-0.25, -0.2) is 4.79 Å². The van der Waals surface area contributed by atoms with Gasteiger partial charge in [-0.05, 0) is 25.1 Å². The van der Waals surface area contributed by atoms with Crippen LogP contribution in [0.4, 0.5) is 0 Å². The van der Waals surface area contributed by atoms with Crippen molar-refractivity contribution in [1.29, 1.82) is 0 Å². The normalized spacial score (nSPS) is 10.2. The predicted molar refractivity (Wildman–Crippen MR) is 71.0 cm³/mol. The minimum absolute atomic E-state index is 0.150. The van der Waals surface area contributed by atoms with Crippen LogP contribution in [-0.4, -0.2) is 34.6 Å². The van der Waals surface area contributed by atoms with Gasteiger partial charge >= 0.3 is 5.97 Å². The van der Waals surface area contributed by atoms with Crippen LogP contribution in [0.3, 0.4) is 0 Å². The molecule has 2 rings (SSSR count). The third-order valence-electron chi connectivity index (χ3n) is 2.30. The molecule has 0 radical (unpaired) electrons. The zero-order valence-electron chi connectivity index (χ0n) is 10.2. The van der Waals surface area contributed by atoms with Gasteiger partial charge in [0.2, 0.25) is 0 Å². The Labute approximate surface area is 118 Å². The maximum atomic E-state index is 11.6. The largest absolute Gasteiger partial charge is 0.490 e. The first-order valence-electron chi connectivity index (χ1n) is 5.59. The molecular weight excluding hydrogens is 314 g/mol. The van der Waals surface area contributed by atoms with Gasteiger partial charge in [0.1, 0.15) is 19.0 Å². The first-order valence-corrected chi connectivity index (χ1v) is 6.39. The van der Waals surface area contributed by atoms with E-state index in [0.717, 1.165) is 4.47 Å². The molecule has 100 valence electrons. The van der Waals surface area contributed by atoms with Gasteiger partial charge in [-0.2, -0.15) is 10.3 Å². The van der Waals surface area contributed by atoms with Crippen molar-refractivity contribution in [3.63, 3.8) is 0 Å². The van der Waals surface area contributed by atoms with E-state index in [2.05, 4.69) is 31.3 Å². The van der Waals surface area contributed by atoms with Crippen molar-refractivity contribution in [3.05, 3.63) is 40.1 Å². The summed E-state index contributed by atoms with van der Waals surface area (Å²) in [6, 6.07) is 7.43. The number of rotatable bonds is 5. The van der Waals surface area contributed by atoms with Gasteiger partial charge in [0.15, 0.2) is 5.69 Å². The van der Waals surface area contributed by atoms with E-state index in [1.165, 1.54) is 0 Å². The van der Waals surface area contributed by atoms with Crippen molar-refractivity contribution in [3.8, 4) is 5.75 Å². The number of carbonyl (C=O) groups is 1. The molecule has 0 saturated heterocycles. The minimum atomic E-state index is -0.510. The third kappa shape index (κ3) is 3.78. The molecule has 0 aliphatic rings. The first kappa shape index (κ1) is 13.5. The van der Waals surface area contributed by atoms with E-state index < -0.39 is 5.97 Å². The summed E-state index contributed by atoms with van der Waals surface area (Å²) in [4.78, 5) is 11.6. The van der Waals surface area contributed by atoms with Crippen molar-refractivity contribution in [2.45, 2.75) is 6.92 Å². The fraction of sp³-hybridized carbons (Fsp3) is 0.250. The standard InChI is InChI=1S/C12H12BrN3O3/c1-8-11(15-16-14-8)12(17)19-6-5-18-10-4-2-3-9(13)7-10/h2-4,7H,5-6H2,1H3,(H,14,15,16). The summed E-state index contributed by atoms with van der Waals surface area (Å²) in [7, 11) is 0. The monoisotopic (exact) mass is 325 g/mol. The molecule has 0 aliphatic carbocycles. The number of benzene rings is 1. The van der Waals surface area contributed by atoms with E-state index in [4.69, 9.17) is 9.47 Å². The molecule has 0 atom stereocenters. The Kier molecular flexibility index (Phi) is 4.51. The van der Waals surface area contributed by atoms with E-state index in [9.17, 15) is 4.79 Å². The highest BCUT2D eigenvalue weighted by molar-refractivity contribution is 9.10. The Hall–Kier alpha value is -1.89. The zero-order valence-corrected chi connectivity index (χ0v) is 11.8. The highest BCUT2D eigenvalue weighted by Gasteiger charge is 2.14. The molecule has 0 bridgehead atoms. The fourth-order valence-corrected chi connectivity index (χ4v) is 1.77. The SMILES string of the molecule is Cc1n[nH]nc1C(=O)OCCOc1cccc(Br)c1. The molecule has 7 heteroatoms. The molecule has 1 heterocycles. The van der Waals surface area contributed by atoms with Crippen LogP contribution < -0.4 is 4.74 Å². The first-order chi connectivity index (χ1) is 9.16. The number of aromatic nitrogens is 3. The number of ether oxygens (including phenoxy) is 2. The second-order valence-electron chi connectivity index (χ2n) is 3.70. The van der Waals surface area contributed by atoms with Crippen LogP contribution in [0.1, 0.15) is 16.2 Å². The van der Waals surface area contributed by atoms with Gasteiger partial charge in [-0.1, -0.05) is 22.0 Å². The van der Waals surface area contributed by atoms with Crippen LogP contribution in [-0.2, 0) is 4.74 Å². The molecule has 2 aromatic rings. The lowest BCUT2D eigenvalue weighted by atomic mass is 10.3. The van der Waals surface area contributed by atoms with Crippen molar-refractivity contribution in [1.82, 2.24) is 15.4 Å². The molecule has 19 heavy (non-hydrogen) atoms. The Balaban J connectivity index is 1.75. The number of aromatic amines is 1. The Morgan fingerprint density at radius 2 is 2.21 bits per heavy atom. The minimum Gasteiger partial charge on any atom is -0.490 e. The molecule has 1 aromatic heterocycles. The van der Waals surface area contributed by atoms with Crippen LogP contribution in [0.2, 0.25) is 0 Å². The Bertz CT molecular complexity index is 571. The summed E-state index contributed by atoms with van der Waals surface area (Å²) in [5.74, 6) is 0.201. The molecule has 0 fully saturated rings. The number of carbonyl (C=O) groups excluding carboxylic acids is 1. The summed E-state index contributed by atoms with van der Waals surface area (Å²) >= 11 is 3.34. The smallest absolute Gasteiger partial charge is 0.360 e. The van der Waals surface area contributed by atoms with Gasteiger partial charge in [0.25, 0.3) is 0 Å². The number of esters is 1. The average Bonchev–Trinajstić information content (AvgIpc) is 2.81. The number of halogens is 1. The lowest BCUT2D eigenvalue weighted by molar-refractivity contribution is 0.0442. The van der Waals surface area contributed by atoms with Crippen molar-refractivity contribution in [2.24, 2.45) is 0 Å². The predicted octanol–water partition coefficient (Wildman–Crippen LogP) is 2.11. The van der Waals surface area contributed by atoms with E-state index in [-0.39, 0.29) is 18.9 Å². The fourth-order valence-electron chi connectivity index (χ4n) is 1.40. The lowest BCUT2D eigenvalue weighted by Gasteiger charge is -2.06.